The maximum Gasteiger partial charge on any atom is 0.407 e. The minimum absolute atomic E-state index is 0.0317. The first-order valence-electron chi connectivity index (χ1n) is 13.4. The molecule has 6 atom stereocenters. The van der Waals surface area contributed by atoms with Gasteiger partial charge < -0.3 is 40.4 Å². The van der Waals surface area contributed by atoms with Crippen molar-refractivity contribution in [3.63, 3.8) is 0 Å². The molecule has 3 saturated heterocycles. The van der Waals surface area contributed by atoms with Gasteiger partial charge in [-0.05, 0) is 42.7 Å². The van der Waals surface area contributed by atoms with Crippen molar-refractivity contribution in [2.24, 2.45) is 5.92 Å². The van der Waals surface area contributed by atoms with Crippen LogP contribution in [0.3, 0.4) is 0 Å². The number of cyclic esters (lactones) is 1. The average molecular weight is 591 g/mol. The molecule has 2 amide bonds. The maximum absolute atomic E-state index is 13.7. The minimum atomic E-state index is -4.14. The molecule has 14 heteroatoms. The van der Waals surface area contributed by atoms with E-state index in [1.54, 1.807) is 0 Å². The van der Waals surface area contributed by atoms with Crippen LogP contribution in [0.4, 0.5) is 15.3 Å². The SMILES string of the molecule is Nc1ccc(S(=O)(=O)N(C[C@H]2COC(=O)N2)C[C@@H](O)[C@H](Cc2ccccc2)NC(=O)O[C@H]2CO[C@H]3OCC[C@H]32)cc1. The molecule has 5 N–H and O–H groups in total. The molecule has 3 heterocycles. The number of hydrogen-bond acceptors (Lipinski definition) is 10. The molecule has 3 aliphatic rings. The van der Waals surface area contributed by atoms with Crippen LogP contribution in [0.5, 0.6) is 0 Å². The second-order valence-corrected chi connectivity index (χ2v) is 12.2. The lowest BCUT2D eigenvalue weighted by Gasteiger charge is -2.31. The Labute approximate surface area is 237 Å². The molecule has 0 aromatic heterocycles. The summed E-state index contributed by atoms with van der Waals surface area (Å²) in [5.41, 5.74) is 6.95. The Morgan fingerprint density at radius 2 is 1.90 bits per heavy atom. The van der Waals surface area contributed by atoms with Crippen molar-refractivity contribution in [2.45, 2.75) is 48.3 Å². The van der Waals surface area contributed by atoms with E-state index >= 15 is 0 Å². The first-order chi connectivity index (χ1) is 19.7. The van der Waals surface area contributed by atoms with E-state index in [1.807, 2.05) is 30.3 Å². The molecule has 0 radical (unpaired) electrons. The minimum Gasteiger partial charge on any atom is -0.447 e. The highest BCUT2D eigenvalue weighted by Gasteiger charge is 2.44. The number of anilines is 1. The molecule has 3 fully saturated rings. The van der Waals surface area contributed by atoms with Gasteiger partial charge in [-0.15, -0.1) is 0 Å². The van der Waals surface area contributed by atoms with Crippen LogP contribution in [0.25, 0.3) is 0 Å². The molecular weight excluding hydrogens is 556 g/mol. The van der Waals surface area contributed by atoms with Crippen LogP contribution in [0, 0.1) is 5.92 Å². The largest absolute Gasteiger partial charge is 0.447 e. The molecule has 0 aliphatic carbocycles. The second kappa shape index (κ2) is 12.6. The normalized spacial score (nSPS) is 25.3. The van der Waals surface area contributed by atoms with Gasteiger partial charge in [0, 0.05) is 18.8 Å². The fourth-order valence-corrected chi connectivity index (χ4v) is 6.69. The number of amides is 2. The van der Waals surface area contributed by atoms with Crippen LogP contribution in [0.1, 0.15) is 12.0 Å². The van der Waals surface area contributed by atoms with Gasteiger partial charge in [-0.1, -0.05) is 30.3 Å². The van der Waals surface area contributed by atoms with E-state index in [0.29, 0.717) is 18.7 Å². The Kier molecular flexibility index (Phi) is 8.94. The number of aliphatic hydroxyl groups excluding tert-OH is 1. The van der Waals surface area contributed by atoms with E-state index in [-0.39, 0.29) is 43.5 Å². The zero-order valence-electron chi connectivity index (χ0n) is 22.3. The quantitative estimate of drug-likeness (QED) is 0.274. The number of sulfonamides is 1. The van der Waals surface area contributed by atoms with Gasteiger partial charge >= 0.3 is 12.2 Å². The third kappa shape index (κ3) is 7.08. The molecule has 3 aliphatic heterocycles. The fourth-order valence-electron chi connectivity index (χ4n) is 5.19. The molecule has 2 aromatic carbocycles. The highest BCUT2D eigenvalue weighted by atomic mass is 32.2. The van der Waals surface area contributed by atoms with Gasteiger partial charge in [-0.2, -0.15) is 4.31 Å². The van der Waals surface area contributed by atoms with Crippen molar-refractivity contribution in [1.29, 1.82) is 0 Å². The lowest BCUT2D eigenvalue weighted by Crippen LogP contribution is -2.53. The summed E-state index contributed by atoms with van der Waals surface area (Å²) < 4.78 is 50.0. The van der Waals surface area contributed by atoms with Crippen molar-refractivity contribution < 1.29 is 42.1 Å². The molecule has 0 unspecified atom stereocenters. The smallest absolute Gasteiger partial charge is 0.407 e. The number of nitrogens with one attached hydrogen (secondary N) is 2. The lowest BCUT2D eigenvalue weighted by molar-refractivity contribution is -0.0907. The molecule has 0 bridgehead atoms. The van der Waals surface area contributed by atoms with Crippen molar-refractivity contribution >= 4 is 27.9 Å². The van der Waals surface area contributed by atoms with Crippen molar-refractivity contribution in [1.82, 2.24) is 14.9 Å². The van der Waals surface area contributed by atoms with Crippen molar-refractivity contribution in [3.8, 4) is 0 Å². The second-order valence-electron chi connectivity index (χ2n) is 10.3. The molecule has 222 valence electrons. The van der Waals surface area contributed by atoms with E-state index in [4.69, 9.17) is 24.7 Å². The number of hydrogen-bond donors (Lipinski definition) is 4. The average Bonchev–Trinajstić information content (AvgIpc) is 3.68. The third-order valence-corrected chi connectivity index (χ3v) is 9.23. The maximum atomic E-state index is 13.7. The Morgan fingerprint density at radius 3 is 2.61 bits per heavy atom. The molecule has 0 spiro atoms. The van der Waals surface area contributed by atoms with E-state index in [1.165, 1.54) is 24.3 Å². The standard InChI is InChI=1S/C27H34N4O9S/c28-18-6-8-20(9-7-18)41(35,36)31(13-19-15-39-26(33)29-19)14-23(32)22(12-17-4-2-1-3-5-17)30-27(34)40-24-16-38-25-21(24)10-11-37-25/h1-9,19,21-25,32H,10-16,28H2,(H,29,33)(H,30,34)/t19-,21-,22-,23+,24-,25+/m0/s1. The Balaban J connectivity index is 1.34. The molecule has 5 rings (SSSR count). The number of fused-ring (bicyclic) bond motifs is 1. The van der Waals surface area contributed by atoms with Gasteiger partial charge in [0.1, 0.15) is 12.7 Å². The molecule has 0 saturated carbocycles. The fraction of sp³-hybridized carbons (Fsp3) is 0.481. The molecule has 41 heavy (non-hydrogen) atoms. The van der Waals surface area contributed by atoms with Gasteiger partial charge in [0.05, 0.1) is 42.2 Å². The van der Waals surface area contributed by atoms with Crippen LogP contribution in [0.2, 0.25) is 0 Å². The van der Waals surface area contributed by atoms with Gasteiger partial charge in [-0.25, -0.2) is 18.0 Å². The van der Waals surface area contributed by atoms with Gasteiger partial charge in [-0.3, -0.25) is 0 Å². The summed E-state index contributed by atoms with van der Waals surface area (Å²) in [6, 6.07) is 13.3. The summed E-state index contributed by atoms with van der Waals surface area (Å²) >= 11 is 0. The summed E-state index contributed by atoms with van der Waals surface area (Å²) in [5.74, 6) is -0.0670. The van der Waals surface area contributed by atoms with E-state index in [9.17, 15) is 23.1 Å². The Hall–Kier alpha value is -3.43. The number of carbonyl (C=O) groups excluding carboxylic acids is 2. The number of aliphatic hydroxyl groups is 1. The Bertz CT molecular complexity index is 1310. The summed E-state index contributed by atoms with van der Waals surface area (Å²) in [6.45, 7) is 0.146. The van der Waals surface area contributed by atoms with Crippen molar-refractivity contribution in [3.05, 3.63) is 60.2 Å². The van der Waals surface area contributed by atoms with Crippen LogP contribution in [0.15, 0.2) is 59.5 Å². The van der Waals surface area contributed by atoms with E-state index < -0.39 is 52.8 Å². The number of alkyl carbamates (subject to hydrolysis) is 2. The molecule has 2 aromatic rings. The third-order valence-electron chi connectivity index (χ3n) is 7.38. The predicted octanol–water partition coefficient (Wildman–Crippen LogP) is 0.828. The number of carbonyl (C=O) groups is 2. The van der Waals surface area contributed by atoms with Crippen LogP contribution >= 0.6 is 0 Å². The number of nitrogen functional groups attached to an aromatic ring is 1. The highest BCUT2D eigenvalue weighted by molar-refractivity contribution is 7.89. The summed E-state index contributed by atoms with van der Waals surface area (Å²) in [6.07, 6.45) is -2.75. The number of nitrogens with zero attached hydrogens (tertiary/aromatic N) is 1. The monoisotopic (exact) mass is 590 g/mol. The zero-order valence-corrected chi connectivity index (χ0v) is 23.1. The molecular formula is C27H34N4O9S. The van der Waals surface area contributed by atoms with Crippen LogP contribution in [-0.4, -0.2) is 93.5 Å². The van der Waals surface area contributed by atoms with Gasteiger partial charge in [0.15, 0.2) is 6.29 Å². The van der Waals surface area contributed by atoms with Crippen LogP contribution < -0.4 is 16.4 Å². The van der Waals surface area contributed by atoms with E-state index in [0.717, 1.165) is 9.87 Å². The Morgan fingerprint density at radius 1 is 1.15 bits per heavy atom. The van der Waals surface area contributed by atoms with Crippen LogP contribution in [-0.2, 0) is 35.4 Å². The van der Waals surface area contributed by atoms with Gasteiger partial charge in [0.2, 0.25) is 10.0 Å². The summed E-state index contributed by atoms with van der Waals surface area (Å²) in [4.78, 5) is 24.6. The van der Waals surface area contributed by atoms with Crippen molar-refractivity contribution in [2.75, 3.05) is 38.6 Å². The zero-order chi connectivity index (χ0) is 29.0. The van der Waals surface area contributed by atoms with Gasteiger partial charge in [0.25, 0.3) is 0 Å². The first kappa shape index (κ1) is 29.1. The molecule has 13 nitrogen and oxygen atoms in total. The number of benzene rings is 2. The summed E-state index contributed by atoms with van der Waals surface area (Å²) in [7, 11) is -4.14. The number of nitrogens with two attached hydrogens (primary N) is 1. The summed E-state index contributed by atoms with van der Waals surface area (Å²) in [5, 5.41) is 16.7. The first-order valence-corrected chi connectivity index (χ1v) is 14.8. The lowest BCUT2D eigenvalue weighted by atomic mass is 10.0. The number of rotatable bonds is 11. The van der Waals surface area contributed by atoms with E-state index in [2.05, 4.69) is 10.6 Å². The topological polar surface area (TPSA) is 179 Å². The highest BCUT2D eigenvalue weighted by Crippen LogP contribution is 2.33. The predicted molar refractivity (Wildman–Crippen MR) is 145 cm³/mol. The number of ether oxygens (including phenoxy) is 4.